The molecule has 0 amide bonds. The third-order valence-electron chi connectivity index (χ3n) is 18.9. The first kappa shape index (κ1) is 88.2. The van der Waals surface area contributed by atoms with Gasteiger partial charge >= 0.3 is 25.7 Å². The van der Waals surface area contributed by atoms with Crippen molar-refractivity contribution in [2.45, 2.75) is 407 Å². The normalized spacial score (nSPS) is 27.9. The third-order valence-corrected chi connectivity index (χ3v) is 19.9. The van der Waals surface area contributed by atoms with Gasteiger partial charge < -0.3 is 89.1 Å². The Labute approximate surface area is 574 Å². The van der Waals surface area contributed by atoms with Crippen LogP contribution in [0.25, 0.3) is 0 Å². The summed E-state index contributed by atoms with van der Waals surface area (Å²) in [6.45, 7) is 3.45. The first-order chi connectivity index (χ1) is 46.3. The number of ether oxygens (including phenoxy) is 7. The molecule has 0 radical (unpaired) electrons. The molecule has 11 N–H and O–H groups in total. The van der Waals surface area contributed by atoms with E-state index in [0.717, 1.165) is 89.9 Å². The lowest BCUT2D eigenvalue weighted by Gasteiger charge is -2.49. The molecule has 24 nitrogen and oxygen atoms in total. The van der Waals surface area contributed by atoms with E-state index in [2.05, 4.69) is 20.8 Å². The molecule has 3 fully saturated rings. The molecular formula is C71H133O24P. The number of phosphoric acid groups is 1. The van der Waals surface area contributed by atoms with E-state index in [0.29, 0.717) is 19.3 Å². The third kappa shape index (κ3) is 36.7. The highest BCUT2D eigenvalue weighted by molar-refractivity contribution is 7.47. The van der Waals surface area contributed by atoms with Crippen molar-refractivity contribution in [2.24, 2.45) is 0 Å². The molecule has 0 aromatic rings. The van der Waals surface area contributed by atoms with Gasteiger partial charge in [-0.3, -0.25) is 23.4 Å². The maximum Gasteiger partial charge on any atom is 0.472 e. The number of hydrogen-bond donors (Lipinski definition) is 11. The SMILES string of the molecule is CCCCCCCCCCCCCCCCCCCC(=O)OCC(COP(=O)(O)OC1C(OC2OC(CO)C(O)C(O)C2O)C(O)C(O)C(O)C1OC1OC(COC(=O)CCCCCCCCCCCCCC)C(O)C(O)C1O)OC(=O)CCCCCCCCCCCCCC. The lowest BCUT2D eigenvalue weighted by Crippen LogP contribution is -2.69. The number of phosphoric ester groups is 1. The number of carbonyl (C=O) groups excluding carboxylic acids is 3. The molecule has 3 rings (SSSR count). The number of rotatable bonds is 59. The second kappa shape index (κ2) is 53.7. The fourth-order valence-electron chi connectivity index (χ4n) is 12.7. The highest BCUT2D eigenvalue weighted by Gasteiger charge is 2.58. The van der Waals surface area contributed by atoms with Gasteiger partial charge in [0.1, 0.15) is 98.7 Å². The average molecular weight is 1400 g/mol. The summed E-state index contributed by atoms with van der Waals surface area (Å²) in [7, 11) is -5.69. The van der Waals surface area contributed by atoms with Crippen LogP contribution in [0.3, 0.4) is 0 Å². The number of hydrogen-bond acceptors (Lipinski definition) is 23. The largest absolute Gasteiger partial charge is 0.472 e. The Bertz CT molecular complexity index is 1990. The first-order valence-corrected chi connectivity index (χ1v) is 39.3. The van der Waals surface area contributed by atoms with Gasteiger partial charge in [-0.2, -0.15) is 0 Å². The quantitative estimate of drug-likeness (QED) is 0.0117. The second-order valence-corrected chi connectivity index (χ2v) is 28.8. The summed E-state index contributed by atoms with van der Waals surface area (Å²) in [4.78, 5) is 50.9. The predicted molar refractivity (Wildman–Crippen MR) is 361 cm³/mol. The van der Waals surface area contributed by atoms with E-state index >= 15 is 0 Å². The van der Waals surface area contributed by atoms with Crippen LogP contribution in [0.4, 0.5) is 0 Å². The zero-order chi connectivity index (χ0) is 70.4. The van der Waals surface area contributed by atoms with Crippen molar-refractivity contribution < 1.29 is 117 Å². The highest BCUT2D eigenvalue weighted by Crippen LogP contribution is 2.49. The molecular weight excluding hydrogens is 1270 g/mol. The van der Waals surface area contributed by atoms with Crippen molar-refractivity contribution in [3.05, 3.63) is 0 Å². The van der Waals surface area contributed by atoms with Crippen molar-refractivity contribution >= 4 is 25.7 Å². The minimum atomic E-state index is -5.69. The van der Waals surface area contributed by atoms with E-state index in [1.54, 1.807) is 0 Å². The number of unbranched alkanes of at least 4 members (excludes halogenated alkanes) is 38. The topological polar surface area (TPSA) is 374 Å². The van der Waals surface area contributed by atoms with Gasteiger partial charge in [0.15, 0.2) is 18.7 Å². The summed E-state index contributed by atoms with van der Waals surface area (Å²) in [5.74, 6) is -1.97. The lowest BCUT2D eigenvalue weighted by atomic mass is 9.84. The van der Waals surface area contributed by atoms with Crippen LogP contribution < -0.4 is 0 Å². The van der Waals surface area contributed by atoms with Gasteiger partial charge in [-0.15, -0.1) is 0 Å². The predicted octanol–water partition coefficient (Wildman–Crippen LogP) is 10.2. The molecule has 0 bridgehead atoms. The van der Waals surface area contributed by atoms with E-state index < -0.39 is 156 Å². The molecule has 0 aromatic carbocycles. The van der Waals surface area contributed by atoms with Gasteiger partial charge in [-0.25, -0.2) is 4.57 Å². The molecule has 2 saturated heterocycles. The Hall–Kier alpha value is -2.04. The Balaban J connectivity index is 1.72. The number of aliphatic hydroxyl groups is 10. The van der Waals surface area contributed by atoms with Crippen molar-refractivity contribution in [1.29, 1.82) is 0 Å². The van der Waals surface area contributed by atoms with Gasteiger partial charge in [-0.1, -0.05) is 265 Å². The van der Waals surface area contributed by atoms with Crippen LogP contribution in [-0.4, -0.2) is 204 Å². The van der Waals surface area contributed by atoms with Crippen LogP contribution in [0, 0.1) is 0 Å². The van der Waals surface area contributed by atoms with Crippen LogP contribution in [0.1, 0.15) is 303 Å². The first-order valence-electron chi connectivity index (χ1n) is 37.8. The van der Waals surface area contributed by atoms with Crippen LogP contribution >= 0.6 is 7.82 Å². The zero-order valence-electron chi connectivity index (χ0n) is 58.9. The van der Waals surface area contributed by atoms with Gasteiger partial charge in [-0.05, 0) is 19.3 Å². The zero-order valence-corrected chi connectivity index (χ0v) is 59.8. The van der Waals surface area contributed by atoms with Crippen LogP contribution in [0.15, 0.2) is 0 Å². The molecule has 0 spiro atoms. The fraction of sp³-hybridized carbons (Fsp3) is 0.958. The number of esters is 3. The maximum absolute atomic E-state index is 14.3. The van der Waals surface area contributed by atoms with Gasteiger partial charge in [0.05, 0.1) is 13.2 Å². The summed E-state index contributed by atoms with van der Waals surface area (Å²) < 4.78 is 65.0. The van der Waals surface area contributed by atoms with Crippen molar-refractivity contribution in [2.75, 3.05) is 26.4 Å². The lowest BCUT2D eigenvalue weighted by molar-refractivity contribution is -0.360. The monoisotopic (exact) mass is 1400 g/mol. The summed E-state index contributed by atoms with van der Waals surface area (Å²) in [6.07, 6.45) is 10.4. The molecule has 0 aromatic heterocycles. The van der Waals surface area contributed by atoms with E-state index in [4.69, 9.17) is 42.2 Å². The van der Waals surface area contributed by atoms with E-state index in [-0.39, 0.29) is 19.3 Å². The second-order valence-electron chi connectivity index (χ2n) is 27.4. The minimum absolute atomic E-state index is 0.0331. The van der Waals surface area contributed by atoms with Gasteiger partial charge in [0.25, 0.3) is 0 Å². The Morgan fingerprint density at radius 2 is 0.667 bits per heavy atom. The molecule has 25 heteroatoms. The Kier molecular flexibility index (Phi) is 49.4. The molecule has 96 heavy (non-hydrogen) atoms. The van der Waals surface area contributed by atoms with Gasteiger partial charge in [0.2, 0.25) is 0 Å². The van der Waals surface area contributed by atoms with Gasteiger partial charge in [0, 0.05) is 19.3 Å². The van der Waals surface area contributed by atoms with E-state index in [1.165, 1.54) is 154 Å². The van der Waals surface area contributed by atoms with Crippen LogP contribution in [0.2, 0.25) is 0 Å². The van der Waals surface area contributed by atoms with Crippen LogP contribution in [0.5, 0.6) is 0 Å². The molecule has 1 aliphatic carbocycles. The summed E-state index contributed by atoms with van der Waals surface area (Å²) >= 11 is 0. The Morgan fingerprint density at radius 3 is 1.02 bits per heavy atom. The van der Waals surface area contributed by atoms with Crippen molar-refractivity contribution in [1.82, 2.24) is 0 Å². The summed E-state index contributed by atoms with van der Waals surface area (Å²) in [5.41, 5.74) is 0. The minimum Gasteiger partial charge on any atom is -0.463 e. The maximum atomic E-state index is 14.3. The molecule has 566 valence electrons. The summed E-state index contributed by atoms with van der Waals surface area (Å²) in [5, 5.41) is 110. The number of carbonyl (C=O) groups is 3. The van der Waals surface area contributed by atoms with E-state index in [1.807, 2.05) is 0 Å². The Morgan fingerprint density at radius 1 is 0.365 bits per heavy atom. The molecule has 18 unspecified atom stereocenters. The standard InChI is InChI=1S/C71H133O24P/c1-4-7-10-13-16-19-22-25-26-27-28-29-32-34-36-39-42-45-55(73)87-49-52(90-57(75)47-44-41-38-35-31-24-21-18-15-12-9-6-3)50-89-96(85,86)95-69-67(93-70-65(83)60(78)58(76)53(48-72)91-70)63(81)62(80)64(82)68(69)94-71-66(84)61(79)59(77)54(92-71)51-88-56(74)46-43-40-37-33-30-23-20-17-14-11-8-5-2/h52-54,58-72,76-84H,4-51H2,1-3H3,(H,85,86). The number of aliphatic hydroxyl groups excluding tert-OH is 10. The highest BCUT2D eigenvalue weighted by atomic mass is 31.2. The van der Waals surface area contributed by atoms with Crippen LogP contribution in [-0.2, 0) is 61.2 Å². The fourth-order valence-corrected chi connectivity index (χ4v) is 13.7. The smallest absolute Gasteiger partial charge is 0.463 e. The molecule has 18 atom stereocenters. The summed E-state index contributed by atoms with van der Waals surface area (Å²) in [6, 6.07) is 0. The molecule has 1 saturated carbocycles. The van der Waals surface area contributed by atoms with E-state index in [9.17, 15) is 74.9 Å². The molecule has 2 heterocycles. The average Bonchev–Trinajstić information content (AvgIpc) is 0.764. The van der Waals surface area contributed by atoms with Crippen molar-refractivity contribution in [3.8, 4) is 0 Å². The van der Waals surface area contributed by atoms with Crippen molar-refractivity contribution in [3.63, 3.8) is 0 Å². The molecule has 2 aliphatic heterocycles. The molecule has 3 aliphatic rings.